The molecular weight excluding hydrogens is 330 g/mol. The number of benzene rings is 1. The highest BCUT2D eigenvalue weighted by Gasteiger charge is 2.55. The van der Waals surface area contributed by atoms with Gasteiger partial charge in [0, 0.05) is 19.3 Å². The molecule has 2 aliphatic rings. The van der Waals surface area contributed by atoms with Gasteiger partial charge in [-0.15, -0.1) is 0 Å². The summed E-state index contributed by atoms with van der Waals surface area (Å²) in [7, 11) is 4.29. The number of quaternary nitrogens is 1. The van der Waals surface area contributed by atoms with Crippen LogP contribution in [0.4, 0.5) is 0 Å². The lowest BCUT2D eigenvalue weighted by Gasteiger charge is -2.44. The molecule has 2 fully saturated rings. The average molecular weight is 356 g/mol. The highest BCUT2D eigenvalue weighted by molar-refractivity contribution is 5.78. The molecule has 5 atom stereocenters. The van der Waals surface area contributed by atoms with Gasteiger partial charge in [0.15, 0.2) is 0 Å². The van der Waals surface area contributed by atoms with Crippen molar-refractivity contribution >= 4 is 5.97 Å². The van der Waals surface area contributed by atoms with Crippen LogP contribution in [0.1, 0.15) is 30.7 Å². The minimum atomic E-state index is -0.636. The summed E-state index contributed by atoms with van der Waals surface area (Å²) in [5.74, 6) is -1.01. The minimum Gasteiger partial charge on any atom is -1.00 e. The van der Waals surface area contributed by atoms with Crippen LogP contribution in [0, 0.1) is 0 Å². The number of ether oxygens (including phenoxy) is 1. The van der Waals surface area contributed by atoms with Crippen molar-refractivity contribution < 1.29 is 36.6 Å². The Morgan fingerprint density at radius 2 is 1.92 bits per heavy atom. The van der Waals surface area contributed by atoms with Crippen LogP contribution in [0.3, 0.4) is 0 Å². The first-order valence-corrected chi connectivity index (χ1v) is 8.31. The summed E-state index contributed by atoms with van der Waals surface area (Å²) in [6, 6.07) is 9.68. The van der Waals surface area contributed by atoms with E-state index in [1.807, 2.05) is 30.3 Å². The fourth-order valence-electron chi connectivity index (χ4n) is 4.23. The molecule has 3 rings (SSSR count). The minimum absolute atomic E-state index is 0. The Morgan fingerprint density at radius 1 is 1.25 bits per heavy atom. The highest BCUT2D eigenvalue weighted by Crippen LogP contribution is 2.41. The SMILES string of the molecule is C[N+]1(C)C2CC(OC(=O)C(CO)c3ccccc3)CC1C(O)C2.[Cl-]. The molecule has 134 valence electrons. The molecule has 6 heteroatoms. The Labute approximate surface area is 149 Å². The van der Waals surface area contributed by atoms with E-state index in [1.165, 1.54) is 0 Å². The maximum atomic E-state index is 12.5. The Bertz CT molecular complexity index is 565. The first-order valence-electron chi connectivity index (χ1n) is 8.31. The quantitative estimate of drug-likeness (QED) is 0.487. The molecule has 0 spiro atoms. The fourth-order valence-corrected chi connectivity index (χ4v) is 4.23. The molecule has 1 aromatic carbocycles. The number of piperidine rings is 1. The van der Waals surface area contributed by atoms with Crippen molar-refractivity contribution in [3.05, 3.63) is 35.9 Å². The van der Waals surface area contributed by atoms with Gasteiger partial charge >= 0.3 is 5.97 Å². The first kappa shape index (κ1) is 19.2. The molecule has 2 aliphatic heterocycles. The summed E-state index contributed by atoms with van der Waals surface area (Å²) in [4.78, 5) is 12.5. The third-order valence-electron chi connectivity index (χ3n) is 5.74. The van der Waals surface area contributed by atoms with E-state index < -0.39 is 5.92 Å². The van der Waals surface area contributed by atoms with Gasteiger partial charge in [0.25, 0.3) is 0 Å². The number of aliphatic hydroxyl groups excluding tert-OH is 2. The van der Waals surface area contributed by atoms with E-state index in [0.29, 0.717) is 12.5 Å². The monoisotopic (exact) mass is 355 g/mol. The number of esters is 1. The average Bonchev–Trinajstić information content (AvgIpc) is 2.65. The number of aliphatic hydroxyl groups is 2. The van der Waals surface area contributed by atoms with Crippen LogP contribution in [0.15, 0.2) is 30.3 Å². The molecule has 5 nitrogen and oxygen atoms in total. The number of likely N-dealkylation sites (N-methyl/N-ethyl adjacent to an activating group) is 1. The Balaban J connectivity index is 0.00000208. The Kier molecular flexibility index (Phi) is 5.91. The standard InChI is InChI=1S/C18H26NO4.ClH/c1-19(2)13-8-14(10-16(19)17(21)9-13)23-18(22)15(11-20)12-6-4-3-5-7-12;/h3-7,13-17,20-21H,8-11H2,1-2H3;1H/q+1;/p-1. The second-order valence-corrected chi connectivity index (χ2v) is 7.33. The number of fused-ring (bicyclic) bond motifs is 2. The molecule has 0 amide bonds. The van der Waals surface area contributed by atoms with Gasteiger partial charge in [0.05, 0.1) is 26.7 Å². The maximum absolute atomic E-state index is 12.5. The fraction of sp³-hybridized carbons (Fsp3) is 0.611. The van der Waals surface area contributed by atoms with E-state index in [-0.39, 0.29) is 43.2 Å². The van der Waals surface area contributed by atoms with Gasteiger partial charge in [-0.25, -0.2) is 0 Å². The zero-order valence-electron chi connectivity index (χ0n) is 14.1. The number of hydrogen-bond acceptors (Lipinski definition) is 4. The van der Waals surface area contributed by atoms with E-state index >= 15 is 0 Å². The summed E-state index contributed by atoms with van der Waals surface area (Å²) in [6.07, 6.45) is 1.75. The number of halogens is 1. The number of carbonyl (C=O) groups excluding carboxylic acids is 1. The molecule has 0 aliphatic carbocycles. The van der Waals surface area contributed by atoms with E-state index in [9.17, 15) is 15.0 Å². The second kappa shape index (κ2) is 7.40. The summed E-state index contributed by atoms with van der Waals surface area (Å²) in [5, 5.41) is 19.8. The molecule has 2 heterocycles. The highest BCUT2D eigenvalue weighted by atomic mass is 35.5. The number of hydrogen-bond donors (Lipinski definition) is 2. The zero-order chi connectivity index (χ0) is 16.6. The van der Waals surface area contributed by atoms with Crippen LogP contribution in [0.2, 0.25) is 0 Å². The Hall–Kier alpha value is -1.14. The number of carbonyl (C=O) groups is 1. The van der Waals surface area contributed by atoms with Crippen LogP contribution in [0.5, 0.6) is 0 Å². The molecule has 1 aromatic rings. The van der Waals surface area contributed by atoms with Crippen molar-refractivity contribution in [3.8, 4) is 0 Å². The van der Waals surface area contributed by atoms with Crippen LogP contribution < -0.4 is 12.4 Å². The van der Waals surface area contributed by atoms with Crippen molar-refractivity contribution in [2.75, 3.05) is 20.7 Å². The third kappa shape index (κ3) is 3.45. The summed E-state index contributed by atoms with van der Waals surface area (Å²) >= 11 is 0. The maximum Gasteiger partial charge on any atom is 0.316 e. The first-order chi connectivity index (χ1) is 10.9. The molecule has 0 aromatic heterocycles. The summed E-state index contributed by atoms with van der Waals surface area (Å²) in [5.41, 5.74) is 0.773. The van der Waals surface area contributed by atoms with Crippen molar-refractivity contribution in [2.45, 2.75) is 49.5 Å². The molecule has 2 bridgehead atoms. The largest absolute Gasteiger partial charge is 1.00 e. The van der Waals surface area contributed by atoms with E-state index in [1.54, 1.807) is 0 Å². The molecule has 0 radical (unpaired) electrons. The van der Waals surface area contributed by atoms with E-state index in [2.05, 4.69) is 14.1 Å². The number of nitrogens with zero attached hydrogens (tertiary/aromatic N) is 1. The zero-order valence-corrected chi connectivity index (χ0v) is 14.9. The predicted molar refractivity (Wildman–Crippen MR) is 85.7 cm³/mol. The van der Waals surface area contributed by atoms with Gasteiger partial charge in [-0.2, -0.15) is 0 Å². The van der Waals surface area contributed by atoms with Crippen molar-refractivity contribution in [3.63, 3.8) is 0 Å². The van der Waals surface area contributed by atoms with Gasteiger partial charge in [0.2, 0.25) is 0 Å². The normalized spacial score (nSPS) is 31.8. The molecule has 2 N–H and O–H groups in total. The predicted octanol–water partition coefficient (Wildman–Crippen LogP) is -1.95. The van der Waals surface area contributed by atoms with Gasteiger partial charge in [-0.05, 0) is 5.56 Å². The van der Waals surface area contributed by atoms with Gasteiger partial charge < -0.3 is 31.8 Å². The van der Waals surface area contributed by atoms with Gasteiger partial charge in [-0.3, -0.25) is 4.79 Å². The molecule has 24 heavy (non-hydrogen) atoms. The number of rotatable bonds is 4. The van der Waals surface area contributed by atoms with Crippen molar-refractivity contribution in [2.24, 2.45) is 0 Å². The second-order valence-electron chi connectivity index (χ2n) is 7.33. The van der Waals surface area contributed by atoms with Crippen LogP contribution in [-0.4, -0.2) is 65.7 Å². The molecule has 0 saturated carbocycles. The lowest BCUT2D eigenvalue weighted by Crippen LogP contribution is -3.00. The molecule has 2 saturated heterocycles. The van der Waals surface area contributed by atoms with Crippen molar-refractivity contribution in [1.29, 1.82) is 0 Å². The third-order valence-corrected chi connectivity index (χ3v) is 5.74. The van der Waals surface area contributed by atoms with Crippen LogP contribution >= 0.6 is 0 Å². The lowest BCUT2D eigenvalue weighted by atomic mass is 9.96. The summed E-state index contributed by atoms with van der Waals surface area (Å²) < 4.78 is 6.50. The molecular formula is C18H26ClNO4. The Morgan fingerprint density at radius 3 is 2.50 bits per heavy atom. The smallest absolute Gasteiger partial charge is 0.316 e. The van der Waals surface area contributed by atoms with E-state index in [0.717, 1.165) is 22.9 Å². The summed E-state index contributed by atoms with van der Waals surface area (Å²) in [6.45, 7) is -0.257. The topological polar surface area (TPSA) is 66.8 Å². The lowest BCUT2D eigenvalue weighted by molar-refractivity contribution is -0.932. The van der Waals surface area contributed by atoms with Gasteiger partial charge in [0.1, 0.15) is 24.2 Å². The van der Waals surface area contributed by atoms with Crippen LogP contribution in [0.25, 0.3) is 0 Å². The van der Waals surface area contributed by atoms with Crippen molar-refractivity contribution in [1.82, 2.24) is 0 Å². The van der Waals surface area contributed by atoms with Crippen LogP contribution in [-0.2, 0) is 9.53 Å². The van der Waals surface area contributed by atoms with E-state index in [4.69, 9.17) is 4.74 Å². The van der Waals surface area contributed by atoms with Gasteiger partial charge in [-0.1, -0.05) is 30.3 Å². The molecule has 5 unspecified atom stereocenters.